The Bertz CT molecular complexity index is 442. The van der Waals surface area contributed by atoms with Crippen LogP contribution in [-0.2, 0) is 6.54 Å². The Kier molecular flexibility index (Phi) is 6.52. The van der Waals surface area contributed by atoms with Crippen LogP contribution in [0.2, 0.25) is 0 Å². The second-order valence-corrected chi connectivity index (χ2v) is 6.69. The molecule has 1 aromatic carbocycles. The fourth-order valence-corrected chi connectivity index (χ4v) is 3.32. The van der Waals surface area contributed by atoms with Crippen LogP contribution < -0.4 is 10.2 Å². The second-order valence-electron chi connectivity index (χ2n) is 5.84. The molecule has 1 aromatic rings. The number of benzene rings is 1. The first kappa shape index (κ1) is 16.8. The number of nitrogens with zero attached hydrogens (tertiary/aromatic N) is 2. The molecule has 1 fully saturated rings. The van der Waals surface area contributed by atoms with Gasteiger partial charge in [-0.1, -0.05) is 35.8 Å². The summed E-state index contributed by atoms with van der Waals surface area (Å²) in [5.41, 5.74) is 2.67. The Morgan fingerprint density at radius 1 is 1.19 bits per heavy atom. The van der Waals surface area contributed by atoms with E-state index in [-0.39, 0.29) is 0 Å². The maximum atomic E-state index is 3.71. The summed E-state index contributed by atoms with van der Waals surface area (Å²) in [4.78, 5) is 5.10. The number of rotatable bonds is 6. The van der Waals surface area contributed by atoms with Crippen molar-refractivity contribution in [3.8, 4) is 0 Å². The molecule has 4 heteroatoms. The zero-order valence-electron chi connectivity index (χ0n) is 13.5. The average molecular weight is 354 g/mol. The van der Waals surface area contributed by atoms with Crippen molar-refractivity contribution in [1.29, 1.82) is 0 Å². The number of hydrogen-bond donors (Lipinski definition) is 1. The van der Waals surface area contributed by atoms with Crippen molar-refractivity contribution in [1.82, 2.24) is 10.2 Å². The van der Waals surface area contributed by atoms with Crippen molar-refractivity contribution in [2.45, 2.75) is 39.8 Å². The Morgan fingerprint density at radius 3 is 2.48 bits per heavy atom. The fraction of sp³-hybridized carbons (Fsp3) is 0.647. The summed E-state index contributed by atoms with van der Waals surface area (Å²) < 4.78 is 1.21. The van der Waals surface area contributed by atoms with Gasteiger partial charge in [-0.15, -0.1) is 0 Å². The normalized spacial score (nSPS) is 18.0. The van der Waals surface area contributed by atoms with Crippen molar-refractivity contribution >= 4 is 21.6 Å². The third-order valence-electron chi connectivity index (χ3n) is 4.50. The van der Waals surface area contributed by atoms with Gasteiger partial charge in [-0.3, -0.25) is 4.90 Å². The highest BCUT2D eigenvalue weighted by molar-refractivity contribution is 9.10. The number of halogens is 1. The van der Waals surface area contributed by atoms with Crippen LogP contribution in [0.1, 0.15) is 32.8 Å². The van der Waals surface area contributed by atoms with Crippen LogP contribution in [0.5, 0.6) is 0 Å². The van der Waals surface area contributed by atoms with Gasteiger partial charge in [0.15, 0.2) is 0 Å². The lowest BCUT2D eigenvalue weighted by Gasteiger charge is -2.39. The maximum Gasteiger partial charge on any atom is 0.0378 e. The molecule has 1 aliphatic heterocycles. The van der Waals surface area contributed by atoms with Gasteiger partial charge in [-0.05, 0) is 37.6 Å². The lowest BCUT2D eigenvalue weighted by atomic mass is 10.1. The number of nitrogens with one attached hydrogen (secondary N) is 1. The summed E-state index contributed by atoms with van der Waals surface area (Å²) in [5, 5.41) is 3.38. The van der Waals surface area contributed by atoms with Crippen LogP contribution in [0.15, 0.2) is 22.7 Å². The second kappa shape index (κ2) is 8.16. The first-order valence-electron chi connectivity index (χ1n) is 8.13. The molecule has 0 saturated carbocycles. The van der Waals surface area contributed by atoms with Crippen LogP contribution >= 0.6 is 15.9 Å². The minimum atomic E-state index is 0.710. The molecule has 21 heavy (non-hydrogen) atoms. The van der Waals surface area contributed by atoms with E-state index in [2.05, 4.69) is 70.0 Å². The van der Waals surface area contributed by atoms with Gasteiger partial charge < -0.3 is 10.2 Å². The summed E-state index contributed by atoms with van der Waals surface area (Å²) in [6, 6.07) is 7.48. The van der Waals surface area contributed by atoms with Crippen LogP contribution in [0.3, 0.4) is 0 Å². The van der Waals surface area contributed by atoms with E-state index in [1.165, 1.54) is 35.2 Å². The van der Waals surface area contributed by atoms with Crippen molar-refractivity contribution in [2.24, 2.45) is 0 Å². The van der Waals surface area contributed by atoms with Crippen LogP contribution in [0, 0.1) is 0 Å². The molecular weight excluding hydrogens is 326 g/mol. The summed E-state index contributed by atoms with van der Waals surface area (Å²) in [7, 11) is 0. The monoisotopic (exact) mass is 353 g/mol. The predicted octanol–water partition coefficient (Wildman–Crippen LogP) is 3.48. The minimum Gasteiger partial charge on any atom is -0.369 e. The van der Waals surface area contributed by atoms with Crippen LogP contribution in [-0.4, -0.2) is 43.7 Å². The van der Waals surface area contributed by atoms with E-state index in [0.717, 1.165) is 26.2 Å². The number of hydrogen-bond acceptors (Lipinski definition) is 3. The molecule has 0 aliphatic carbocycles. The SMILES string of the molecule is CCNCc1ccc(N2CCN(C(C)CC)CC2)cc1Br. The van der Waals surface area contributed by atoms with Crippen molar-refractivity contribution in [2.75, 3.05) is 37.6 Å². The molecule has 1 N–H and O–H groups in total. The number of anilines is 1. The van der Waals surface area contributed by atoms with E-state index < -0.39 is 0 Å². The van der Waals surface area contributed by atoms with Gasteiger partial charge in [0.1, 0.15) is 0 Å². The summed E-state index contributed by atoms with van der Waals surface area (Å²) >= 11 is 3.71. The van der Waals surface area contributed by atoms with Crippen LogP contribution in [0.4, 0.5) is 5.69 Å². The highest BCUT2D eigenvalue weighted by Crippen LogP contribution is 2.25. The smallest absolute Gasteiger partial charge is 0.0378 e. The lowest BCUT2D eigenvalue weighted by Crippen LogP contribution is -2.49. The zero-order chi connectivity index (χ0) is 15.2. The van der Waals surface area contributed by atoms with Gasteiger partial charge in [0.2, 0.25) is 0 Å². The molecule has 1 saturated heterocycles. The molecule has 3 nitrogen and oxygen atoms in total. The third kappa shape index (κ3) is 4.44. The van der Waals surface area contributed by atoms with Crippen molar-refractivity contribution in [3.05, 3.63) is 28.2 Å². The van der Waals surface area contributed by atoms with Crippen molar-refractivity contribution < 1.29 is 0 Å². The maximum absolute atomic E-state index is 3.71. The van der Waals surface area contributed by atoms with Gasteiger partial charge in [0, 0.05) is 48.9 Å². The molecule has 0 radical (unpaired) electrons. The predicted molar refractivity (Wildman–Crippen MR) is 95.1 cm³/mol. The minimum absolute atomic E-state index is 0.710. The van der Waals surface area contributed by atoms with Gasteiger partial charge in [-0.25, -0.2) is 0 Å². The lowest BCUT2D eigenvalue weighted by molar-refractivity contribution is 0.193. The Hall–Kier alpha value is -0.580. The Morgan fingerprint density at radius 2 is 1.90 bits per heavy atom. The van der Waals surface area contributed by atoms with E-state index in [0.29, 0.717) is 6.04 Å². The molecule has 1 unspecified atom stereocenters. The highest BCUT2D eigenvalue weighted by Gasteiger charge is 2.20. The molecular formula is C17H28BrN3. The molecule has 118 valence electrons. The van der Waals surface area contributed by atoms with Gasteiger partial charge >= 0.3 is 0 Å². The number of piperazine rings is 1. The Labute approximate surface area is 137 Å². The standard InChI is InChI=1S/C17H28BrN3/c1-4-14(3)20-8-10-21(11-9-20)16-7-6-15(13-19-5-2)17(18)12-16/h6-7,12,14,19H,4-5,8-11,13H2,1-3H3. The molecule has 0 spiro atoms. The molecule has 1 atom stereocenters. The first-order valence-corrected chi connectivity index (χ1v) is 8.93. The third-order valence-corrected chi connectivity index (χ3v) is 5.23. The quantitative estimate of drug-likeness (QED) is 0.844. The molecule has 2 rings (SSSR count). The molecule has 0 bridgehead atoms. The van der Waals surface area contributed by atoms with E-state index in [9.17, 15) is 0 Å². The topological polar surface area (TPSA) is 18.5 Å². The van der Waals surface area contributed by atoms with E-state index in [1.54, 1.807) is 0 Å². The highest BCUT2D eigenvalue weighted by atomic mass is 79.9. The van der Waals surface area contributed by atoms with Crippen molar-refractivity contribution in [3.63, 3.8) is 0 Å². The van der Waals surface area contributed by atoms with Gasteiger partial charge in [0.05, 0.1) is 0 Å². The molecule has 0 amide bonds. The zero-order valence-corrected chi connectivity index (χ0v) is 15.1. The molecule has 1 heterocycles. The molecule has 0 aromatic heterocycles. The van der Waals surface area contributed by atoms with E-state index >= 15 is 0 Å². The van der Waals surface area contributed by atoms with Gasteiger partial charge in [0.25, 0.3) is 0 Å². The Balaban J connectivity index is 1.96. The van der Waals surface area contributed by atoms with E-state index in [1.807, 2.05) is 0 Å². The first-order chi connectivity index (χ1) is 10.2. The van der Waals surface area contributed by atoms with E-state index in [4.69, 9.17) is 0 Å². The summed E-state index contributed by atoms with van der Waals surface area (Å²) in [6.45, 7) is 13.3. The average Bonchev–Trinajstić information content (AvgIpc) is 2.53. The summed E-state index contributed by atoms with van der Waals surface area (Å²) in [6.07, 6.45) is 1.24. The van der Waals surface area contributed by atoms with Crippen LogP contribution in [0.25, 0.3) is 0 Å². The fourth-order valence-electron chi connectivity index (χ4n) is 2.82. The molecule has 1 aliphatic rings. The van der Waals surface area contributed by atoms with Gasteiger partial charge in [-0.2, -0.15) is 0 Å². The summed E-state index contributed by atoms with van der Waals surface area (Å²) in [5.74, 6) is 0. The largest absolute Gasteiger partial charge is 0.369 e.